The second kappa shape index (κ2) is 6.03. The van der Waals surface area contributed by atoms with Gasteiger partial charge in [0.05, 0.1) is 12.8 Å². The summed E-state index contributed by atoms with van der Waals surface area (Å²) in [6.07, 6.45) is 0. The lowest BCUT2D eigenvalue weighted by atomic mass is 10.0. The summed E-state index contributed by atoms with van der Waals surface area (Å²) in [5.41, 5.74) is 3.81. The number of hydrogen-bond donors (Lipinski definition) is 1. The van der Waals surface area contributed by atoms with E-state index in [-0.39, 0.29) is 6.79 Å². The summed E-state index contributed by atoms with van der Waals surface area (Å²) in [5, 5.41) is 2.00. The van der Waals surface area contributed by atoms with Crippen molar-refractivity contribution in [3.8, 4) is 45.4 Å². The van der Waals surface area contributed by atoms with E-state index in [4.69, 9.17) is 24.9 Å². The van der Waals surface area contributed by atoms with Crippen LogP contribution < -0.4 is 24.9 Å². The van der Waals surface area contributed by atoms with Crippen molar-refractivity contribution in [3.05, 3.63) is 41.8 Å². The van der Waals surface area contributed by atoms with Crippen LogP contribution in [0, 0.1) is 0 Å². The number of ether oxygens (including phenoxy) is 3. The first-order valence-electron chi connectivity index (χ1n) is 7.19. The molecule has 0 atom stereocenters. The molecule has 3 aromatic rings. The van der Waals surface area contributed by atoms with Gasteiger partial charge in [-0.25, -0.2) is 0 Å². The number of methoxy groups -OCH3 is 1. The third-order valence-electron chi connectivity index (χ3n) is 3.80. The molecule has 6 nitrogen and oxygen atoms in total. The smallest absolute Gasteiger partial charge is 0.231 e. The molecule has 0 amide bonds. The first-order chi connectivity index (χ1) is 11.8. The minimum atomic E-state index is 0.194. The molecule has 0 fully saturated rings. The molecule has 1 aliphatic heterocycles. The van der Waals surface area contributed by atoms with Crippen LogP contribution in [-0.4, -0.2) is 18.3 Å². The third kappa shape index (κ3) is 2.44. The van der Waals surface area contributed by atoms with Crippen LogP contribution in [0.2, 0.25) is 0 Å². The topological polar surface area (TPSA) is 75.8 Å². The fourth-order valence-electron chi connectivity index (χ4n) is 2.63. The van der Waals surface area contributed by atoms with Gasteiger partial charge in [0.15, 0.2) is 11.5 Å². The summed E-state index contributed by atoms with van der Waals surface area (Å²) >= 11 is 1.39. The number of nitrogens with zero attached hydrogens (tertiary/aromatic N) is 1. The Morgan fingerprint density at radius 3 is 2.71 bits per heavy atom. The molecule has 2 N–H and O–H groups in total. The summed E-state index contributed by atoms with van der Waals surface area (Å²) in [4.78, 5) is 4.72. The number of rotatable bonds is 4. The molecule has 7 heteroatoms. The van der Waals surface area contributed by atoms with Crippen LogP contribution in [0.3, 0.4) is 0 Å². The van der Waals surface area contributed by atoms with Gasteiger partial charge in [0.2, 0.25) is 12.5 Å². The van der Waals surface area contributed by atoms with Gasteiger partial charge in [-0.2, -0.15) is 10.3 Å². The second-order valence-electron chi connectivity index (χ2n) is 5.13. The molecule has 24 heavy (non-hydrogen) atoms. The molecule has 0 unspecified atom stereocenters. The van der Waals surface area contributed by atoms with Gasteiger partial charge in [-0.1, -0.05) is 12.1 Å². The Bertz CT molecular complexity index is 877. The first-order valence-corrected chi connectivity index (χ1v) is 8.03. The van der Waals surface area contributed by atoms with Gasteiger partial charge >= 0.3 is 0 Å². The van der Waals surface area contributed by atoms with E-state index >= 15 is 0 Å². The second-order valence-corrected chi connectivity index (χ2v) is 5.76. The zero-order valence-corrected chi connectivity index (χ0v) is 13.6. The zero-order valence-electron chi connectivity index (χ0n) is 12.8. The Morgan fingerprint density at radius 2 is 1.96 bits per heavy atom. The molecular weight excluding hydrogens is 328 g/mol. The van der Waals surface area contributed by atoms with E-state index in [2.05, 4.69) is 4.37 Å². The number of hydrogen-bond acceptors (Lipinski definition) is 7. The van der Waals surface area contributed by atoms with Crippen LogP contribution in [0.25, 0.3) is 22.4 Å². The van der Waals surface area contributed by atoms with Crippen molar-refractivity contribution in [1.29, 1.82) is 0 Å². The molecule has 1 aromatic heterocycles. The Morgan fingerprint density at radius 1 is 1.12 bits per heavy atom. The SMILES string of the molecule is COc1cc(-c2nscc2-c2ccc(ON)cc2)cc2c1OCO2. The van der Waals surface area contributed by atoms with Gasteiger partial charge in [-0.3, -0.25) is 0 Å². The van der Waals surface area contributed by atoms with Crippen molar-refractivity contribution in [2.24, 2.45) is 5.90 Å². The van der Waals surface area contributed by atoms with Crippen LogP contribution in [0.15, 0.2) is 41.8 Å². The molecule has 2 heterocycles. The maximum atomic E-state index is 5.50. The predicted molar refractivity (Wildman–Crippen MR) is 90.5 cm³/mol. The van der Waals surface area contributed by atoms with Crippen molar-refractivity contribution in [2.75, 3.05) is 13.9 Å². The molecule has 0 aliphatic carbocycles. The number of fused-ring (bicyclic) bond motifs is 1. The highest BCUT2D eigenvalue weighted by Crippen LogP contribution is 2.45. The molecule has 1 aliphatic rings. The molecule has 122 valence electrons. The minimum Gasteiger partial charge on any atom is -0.493 e. The molecule has 0 saturated carbocycles. The standard InChI is InChI=1S/C17H14N2O4S/c1-20-14-6-11(7-15-17(14)22-9-21-15)16-13(8-24-19-16)10-2-4-12(23-18)5-3-10/h2-8H,9,18H2,1H3. The first kappa shape index (κ1) is 14.8. The Balaban J connectivity index is 1.80. The van der Waals surface area contributed by atoms with E-state index < -0.39 is 0 Å². The highest BCUT2D eigenvalue weighted by molar-refractivity contribution is 7.04. The van der Waals surface area contributed by atoms with E-state index in [1.54, 1.807) is 7.11 Å². The van der Waals surface area contributed by atoms with Crippen molar-refractivity contribution in [3.63, 3.8) is 0 Å². The summed E-state index contributed by atoms with van der Waals surface area (Å²) < 4.78 is 20.9. The monoisotopic (exact) mass is 342 g/mol. The molecule has 2 aromatic carbocycles. The zero-order chi connectivity index (χ0) is 16.5. The fraction of sp³-hybridized carbons (Fsp3) is 0.118. The maximum absolute atomic E-state index is 5.50. The fourth-order valence-corrected chi connectivity index (χ4v) is 3.34. The normalized spacial score (nSPS) is 12.2. The number of aromatic nitrogens is 1. The van der Waals surface area contributed by atoms with Gasteiger partial charge in [-0.15, -0.1) is 0 Å². The largest absolute Gasteiger partial charge is 0.493 e. The minimum absolute atomic E-state index is 0.194. The van der Waals surface area contributed by atoms with Gasteiger partial charge in [0.25, 0.3) is 0 Å². The van der Waals surface area contributed by atoms with Crippen LogP contribution in [0.5, 0.6) is 23.0 Å². The molecule has 0 spiro atoms. The van der Waals surface area contributed by atoms with Gasteiger partial charge in [-0.05, 0) is 41.4 Å². The van der Waals surface area contributed by atoms with Gasteiger partial charge < -0.3 is 19.0 Å². The van der Waals surface area contributed by atoms with E-state index in [9.17, 15) is 0 Å². The van der Waals surface area contributed by atoms with Crippen molar-refractivity contribution in [2.45, 2.75) is 0 Å². The lowest BCUT2D eigenvalue weighted by Crippen LogP contribution is -2.01. The summed E-state index contributed by atoms with van der Waals surface area (Å²) in [7, 11) is 1.61. The average molecular weight is 342 g/mol. The maximum Gasteiger partial charge on any atom is 0.231 e. The summed E-state index contributed by atoms with van der Waals surface area (Å²) in [6.45, 7) is 0.194. The molecule has 0 saturated heterocycles. The molecule has 0 bridgehead atoms. The number of benzene rings is 2. The highest BCUT2D eigenvalue weighted by atomic mass is 32.1. The van der Waals surface area contributed by atoms with Crippen LogP contribution in [-0.2, 0) is 0 Å². The van der Waals surface area contributed by atoms with Crippen LogP contribution in [0.1, 0.15) is 0 Å². The molecule has 4 rings (SSSR count). The Labute approximate surface area is 142 Å². The Hall–Kier alpha value is -2.77. The number of nitrogens with two attached hydrogens (primary N) is 1. The van der Waals surface area contributed by atoms with E-state index in [1.807, 2.05) is 41.8 Å². The van der Waals surface area contributed by atoms with Crippen molar-refractivity contribution < 1.29 is 19.0 Å². The Kier molecular flexibility index (Phi) is 3.72. The molecular formula is C17H14N2O4S. The van der Waals surface area contributed by atoms with Crippen LogP contribution in [0.4, 0.5) is 0 Å². The van der Waals surface area contributed by atoms with Crippen molar-refractivity contribution >= 4 is 11.5 Å². The predicted octanol–water partition coefficient (Wildman–Crippen LogP) is 3.47. The van der Waals surface area contributed by atoms with Crippen molar-refractivity contribution in [1.82, 2.24) is 4.37 Å². The summed E-state index contributed by atoms with van der Waals surface area (Å²) in [5.74, 6) is 7.70. The summed E-state index contributed by atoms with van der Waals surface area (Å²) in [6, 6.07) is 11.3. The van der Waals surface area contributed by atoms with E-state index in [0.717, 1.165) is 22.4 Å². The van der Waals surface area contributed by atoms with E-state index in [0.29, 0.717) is 23.0 Å². The lowest BCUT2D eigenvalue weighted by molar-refractivity contribution is 0.171. The van der Waals surface area contributed by atoms with Crippen LogP contribution >= 0.6 is 11.5 Å². The average Bonchev–Trinajstić information content (AvgIpc) is 3.29. The highest BCUT2D eigenvalue weighted by Gasteiger charge is 2.22. The van der Waals surface area contributed by atoms with Gasteiger partial charge in [0, 0.05) is 16.5 Å². The third-order valence-corrected chi connectivity index (χ3v) is 4.43. The van der Waals surface area contributed by atoms with Gasteiger partial charge in [0.1, 0.15) is 5.75 Å². The quantitative estimate of drug-likeness (QED) is 0.732. The lowest BCUT2D eigenvalue weighted by Gasteiger charge is -2.09. The molecule has 0 radical (unpaired) electrons. The van der Waals surface area contributed by atoms with E-state index in [1.165, 1.54) is 11.5 Å².